The maximum Gasteiger partial charge on any atom is 0.234 e. The first-order chi connectivity index (χ1) is 11.6. The summed E-state index contributed by atoms with van der Waals surface area (Å²) in [7, 11) is 0. The molecule has 5 nitrogen and oxygen atoms in total. The summed E-state index contributed by atoms with van der Waals surface area (Å²) in [6.07, 6.45) is 1.70. The number of fused-ring (bicyclic) bond motifs is 1. The lowest BCUT2D eigenvalue weighted by Gasteiger charge is -2.06. The van der Waals surface area contributed by atoms with Gasteiger partial charge < -0.3 is 5.32 Å². The molecule has 0 saturated carbocycles. The van der Waals surface area contributed by atoms with Gasteiger partial charge in [-0.25, -0.2) is 0 Å². The first-order valence-electron chi connectivity index (χ1n) is 7.37. The Kier molecular flexibility index (Phi) is 4.86. The predicted molar refractivity (Wildman–Crippen MR) is 95.3 cm³/mol. The lowest BCUT2D eigenvalue weighted by Crippen LogP contribution is -2.14. The van der Waals surface area contributed by atoms with Crippen molar-refractivity contribution < 1.29 is 9.59 Å². The topological polar surface area (TPSA) is 72.0 Å². The molecule has 0 spiro atoms. The van der Waals surface area contributed by atoms with Crippen LogP contribution >= 0.6 is 11.8 Å². The smallest absolute Gasteiger partial charge is 0.234 e. The number of rotatable bonds is 5. The van der Waals surface area contributed by atoms with E-state index in [0.717, 1.165) is 15.8 Å². The summed E-state index contributed by atoms with van der Waals surface area (Å²) in [5, 5.41) is 13.6. The molecule has 3 rings (SSSR count). The molecule has 120 valence electrons. The molecular weight excluding hydrogens is 322 g/mol. The van der Waals surface area contributed by atoms with Crippen LogP contribution in [0.3, 0.4) is 0 Å². The van der Waals surface area contributed by atoms with E-state index >= 15 is 0 Å². The van der Waals surface area contributed by atoms with E-state index in [-0.39, 0.29) is 17.4 Å². The Morgan fingerprint density at radius 2 is 1.83 bits per heavy atom. The van der Waals surface area contributed by atoms with Crippen molar-refractivity contribution in [3.05, 3.63) is 60.3 Å². The summed E-state index contributed by atoms with van der Waals surface area (Å²) >= 11 is 1.35. The number of amides is 1. The van der Waals surface area contributed by atoms with E-state index < -0.39 is 0 Å². The van der Waals surface area contributed by atoms with Gasteiger partial charge in [-0.05, 0) is 31.2 Å². The molecule has 0 bridgehead atoms. The first-order valence-corrected chi connectivity index (χ1v) is 8.36. The van der Waals surface area contributed by atoms with Crippen LogP contribution in [0.5, 0.6) is 0 Å². The van der Waals surface area contributed by atoms with Crippen LogP contribution in [-0.2, 0) is 4.79 Å². The minimum atomic E-state index is -0.134. The third-order valence-electron chi connectivity index (χ3n) is 3.45. The van der Waals surface area contributed by atoms with Crippen LogP contribution in [0.25, 0.3) is 10.8 Å². The quantitative estimate of drug-likeness (QED) is 0.569. The van der Waals surface area contributed by atoms with Crippen molar-refractivity contribution in [2.75, 3.05) is 11.1 Å². The van der Waals surface area contributed by atoms with E-state index in [4.69, 9.17) is 0 Å². The standard InChI is InChI=1S/C18H15N3O2S/c1-12(22)13-6-8-15(9-7-13)20-17(23)11-24-18-16-5-3-2-4-14(16)10-19-21-18/h2-10H,11H2,1H3,(H,20,23). The van der Waals surface area contributed by atoms with Gasteiger partial charge in [0.15, 0.2) is 5.78 Å². The number of anilines is 1. The number of nitrogens with one attached hydrogen (secondary N) is 1. The monoisotopic (exact) mass is 337 g/mol. The van der Waals surface area contributed by atoms with E-state index in [9.17, 15) is 9.59 Å². The molecule has 24 heavy (non-hydrogen) atoms. The number of nitrogens with zero attached hydrogens (tertiary/aromatic N) is 2. The zero-order valence-corrected chi connectivity index (χ0v) is 13.8. The Morgan fingerprint density at radius 1 is 1.08 bits per heavy atom. The Bertz CT molecular complexity index is 889. The summed E-state index contributed by atoms with van der Waals surface area (Å²) in [5.74, 6) is 0.0974. The number of carbonyl (C=O) groups excluding carboxylic acids is 2. The van der Waals surface area contributed by atoms with Gasteiger partial charge in [0.1, 0.15) is 5.03 Å². The van der Waals surface area contributed by atoms with Crippen LogP contribution in [-0.4, -0.2) is 27.6 Å². The zero-order chi connectivity index (χ0) is 16.9. The van der Waals surface area contributed by atoms with Crippen LogP contribution in [0, 0.1) is 0 Å². The van der Waals surface area contributed by atoms with Gasteiger partial charge in [0.05, 0.1) is 11.9 Å². The fourth-order valence-electron chi connectivity index (χ4n) is 2.23. The van der Waals surface area contributed by atoms with Gasteiger partial charge in [0.2, 0.25) is 5.91 Å². The number of carbonyl (C=O) groups is 2. The largest absolute Gasteiger partial charge is 0.325 e. The van der Waals surface area contributed by atoms with Gasteiger partial charge in [-0.15, -0.1) is 5.10 Å². The molecule has 0 unspecified atom stereocenters. The fraction of sp³-hybridized carbons (Fsp3) is 0.111. The highest BCUT2D eigenvalue weighted by Gasteiger charge is 2.08. The van der Waals surface area contributed by atoms with Crippen molar-refractivity contribution in [2.24, 2.45) is 0 Å². The molecule has 3 aromatic rings. The van der Waals surface area contributed by atoms with Crippen molar-refractivity contribution in [1.29, 1.82) is 0 Å². The summed E-state index contributed by atoms with van der Waals surface area (Å²) < 4.78 is 0. The number of thioether (sulfide) groups is 1. The highest BCUT2D eigenvalue weighted by Crippen LogP contribution is 2.24. The molecule has 0 aliphatic rings. The molecular formula is C18H15N3O2S. The molecule has 0 radical (unpaired) electrons. The molecule has 0 aliphatic carbocycles. The summed E-state index contributed by atoms with van der Waals surface area (Å²) in [5.41, 5.74) is 1.28. The van der Waals surface area contributed by atoms with Crippen LogP contribution in [0.2, 0.25) is 0 Å². The molecule has 1 aromatic heterocycles. The van der Waals surface area contributed by atoms with E-state index in [2.05, 4.69) is 15.5 Å². The molecule has 1 heterocycles. The first kappa shape index (κ1) is 16.1. The molecule has 0 fully saturated rings. The Hall–Kier alpha value is -2.73. The molecule has 0 aliphatic heterocycles. The molecule has 0 saturated heterocycles. The van der Waals surface area contributed by atoms with Crippen molar-refractivity contribution in [3.63, 3.8) is 0 Å². The Labute approximate surface area is 143 Å². The number of aromatic nitrogens is 2. The highest BCUT2D eigenvalue weighted by molar-refractivity contribution is 8.00. The SMILES string of the molecule is CC(=O)c1ccc(NC(=O)CSc2nncc3ccccc23)cc1. The fourth-order valence-corrected chi connectivity index (χ4v) is 3.01. The minimum Gasteiger partial charge on any atom is -0.325 e. The average molecular weight is 337 g/mol. The van der Waals surface area contributed by atoms with Gasteiger partial charge in [-0.3, -0.25) is 9.59 Å². The minimum absolute atomic E-state index is 0.00189. The summed E-state index contributed by atoms with van der Waals surface area (Å²) in [6.45, 7) is 1.51. The molecule has 1 N–H and O–H groups in total. The molecule has 6 heteroatoms. The van der Waals surface area contributed by atoms with E-state index in [1.165, 1.54) is 18.7 Å². The third kappa shape index (κ3) is 3.78. The van der Waals surface area contributed by atoms with Gasteiger partial charge in [0.25, 0.3) is 0 Å². The second-order valence-corrected chi connectivity index (χ2v) is 6.17. The second-order valence-electron chi connectivity index (χ2n) is 5.21. The van der Waals surface area contributed by atoms with Crippen molar-refractivity contribution in [1.82, 2.24) is 10.2 Å². The van der Waals surface area contributed by atoms with Gasteiger partial charge in [-0.1, -0.05) is 36.0 Å². The Balaban J connectivity index is 1.64. The van der Waals surface area contributed by atoms with Crippen molar-refractivity contribution in [2.45, 2.75) is 11.9 Å². The number of benzene rings is 2. The predicted octanol–water partition coefficient (Wildman–Crippen LogP) is 3.56. The van der Waals surface area contributed by atoms with Crippen molar-refractivity contribution in [3.8, 4) is 0 Å². The number of hydrogen-bond donors (Lipinski definition) is 1. The lowest BCUT2D eigenvalue weighted by molar-refractivity contribution is -0.113. The van der Waals surface area contributed by atoms with Gasteiger partial charge in [0, 0.05) is 22.0 Å². The maximum atomic E-state index is 12.1. The number of ketones is 1. The lowest BCUT2D eigenvalue weighted by atomic mass is 10.1. The van der Waals surface area contributed by atoms with E-state index in [1.54, 1.807) is 30.5 Å². The summed E-state index contributed by atoms with van der Waals surface area (Å²) in [6, 6.07) is 14.6. The molecule has 2 aromatic carbocycles. The molecule has 0 atom stereocenters. The second kappa shape index (κ2) is 7.23. The van der Waals surface area contributed by atoms with E-state index in [1.807, 2.05) is 24.3 Å². The maximum absolute atomic E-state index is 12.1. The van der Waals surface area contributed by atoms with Crippen LogP contribution in [0.15, 0.2) is 59.8 Å². The molecule has 1 amide bonds. The average Bonchev–Trinajstić information content (AvgIpc) is 2.60. The van der Waals surface area contributed by atoms with Crippen LogP contribution in [0.4, 0.5) is 5.69 Å². The summed E-state index contributed by atoms with van der Waals surface area (Å²) in [4.78, 5) is 23.3. The normalized spacial score (nSPS) is 10.5. The van der Waals surface area contributed by atoms with Crippen LogP contribution in [0.1, 0.15) is 17.3 Å². The van der Waals surface area contributed by atoms with Gasteiger partial charge >= 0.3 is 0 Å². The third-order valence-corrected chi connectivity index (χ3v) is 4.43. The highest BCUT2D eigenvalue weighted by atomic mass is 32.2. The number of hydrogen-bond acceptors (Lipinski definition) is 5. The zero-order valence-electron chi connectivity index (χ0n) is 13.0. The van der Waals surface area contributed by atoms with Crippen LogP contribution < -0.4 is 5.32 Å². The Morgan fingerprint density at radius 3 is 2.58 bits per heavy atom. The number of Topliss-reactive ketones (excluding diaryl/α,β-unsaturated/α-hetero) is 1. The van der Waals surface area contributed by atoms with E-state index in [0.29, 0.717) is 11.3 Å². The van der Waals surface area contributed by atoms with Gasteiger partial charge in [-0.2, -0.15) is 5.10 Å². The van der Waals surface area contributed by atoms with Crippen molar-refractivity contribution >= 4 is 39.9 Å².